The highest BCUT2D eigenvalue weighted by Crippen LogP contribution is 2.29. The third kappa shape index (κ3) is 4.87. The molecule has 2 nitrogen and oxygen atoms in total. The van der Waals surface area contributed by atoms with E-state index in [1.165, 1.54) is 16.7 Å². The highest BCUT2D eigenvalue weighted by atomic mass is 79.9. The van der Waals surface area contributed by atoms with E-state index in [2.05, 4.69) is 65.4 Å². The Kier molecular flexibility index (Phi) is 6.27. The second-order valence-electron chi connectivity index (χ2n) is 5.18. The molecule has 0 spiro atoms. The molecule has 0 unspecified atom stereocenters. The lowest BCUT2D eigenvalue weighted by Gasteiger charge is -2.14. The van der Waals surface area contributed by atoms with Gasteiger partial charge in [0.2, 0.25) is 0 Å². The normalized spacial score (nSPS) is 10.6. The van der Waals surface area contributed by atoms with E-state index < -0.39 is 0 Å². The van der Waals surface area contributed by atoms with E-state index >= 15 is 0 Å². The molecule has 2 rings (SSSR count). The number of para-hydroxylation sites is 1. The highest BCUT2D eigenvalue weighted by molar-refractivity contribution is 9.10. The third-order valence-electron chi connectivity index (χ3n) is 3.29. The second kappa shape index (κ2) is 8.20. The molecule has 2 aromatic carbocycles. The third-order valence-corrected chi connectivity index (χ3v) is 3.92. The van der Waals surface area contributed by atoms with Gasteiger partial charge in [0.25, 0.3) is 0 Å². The lowest BCUT2D eigenvalue weighted by Crippen LogP contribution is -2.14. The summed E-state index contributed by atoms with van der Waals surface area (Å²) in [5.41, 5.74) is 3.64. The molecule has 1 N–H and O–H groups in total. The Morgan fingerprint density at radius 2 is 1.86 bits per heavy atom. The number of benzene rings is 2. The van der Waals surface area contributed by atoms with Crippen LogP contribution in [0.25, 0.3) is 0 Å². The molecule has 0 bridgehead atoms. The van der Waals surface area contributed by atoms with Gasteiger partial charge in [-0.05, 0) is 47.4 Å². The molecule has 0 amide bonds. The van der Waals surface area contributed by atoms with Crippen LogP contribution in [-0.2, 0) is 13.2 Å². The first-order valence-corrected chi connectivity index (χ1v) is 8.16. The fourth-order valence-electron chi connectivity index (χ4n) is 2.09. The first kappa shape index (κ1) is 16.1. The summed E-state index contributed by atoms with van der Waals surface area (Å²) < 4.78 is 7.04. The van der Waals surface area contributed by atoms with Crippen molar-refractivity contribution in [3.05, 3.63) is 63.6 Å². The standard InChI is InChI=1S/C18H22BrNO/c1-3-11-20-12-16-5-4-6-17(19)18(16)21-13-15-9-7-14(2)8-10-15/h4-10,20H,3,11-13H2,1-2H3. The Morgan fingerprint density at radius 3 is 2.57 bits per heavy atom. The molecule has 0 heterocycles. The van der Waals surface area contributed by atoms with Crippen molar-refractivity contribution in [1.29, 1.82) is 0 Å². The van der Waals surface area contributed by atoms with Crippen molar-refractivity contribution in [3.63, 3.8) is 0 Å². The number of nitrogens with one attached hydrogen (secondary N) is 1. The molecule has 0 aliphatic carbocycles. The molecule has 112 valence electrons. The Bertz CT molecular complexity index is 566. The van der Waals surface area contributed by atoms with Crippen LogP contribution in [0.3, 0.4) is 0 Å². The largest absolute Gasteiger partial charge is 0.487 e. The molecule has 0 radical (unpaired) electrons. The molecule has 0 aliphatic heterocycles. The van der Waals surface area contributed by atoms with Gasteiger partial charge in [0.1, 0.15) is 12.4 Å². The number of hydrogen-bond donors (Lipinski definition) is 1. The zero-order valence-corrected chi connectivity index (χ0v) is 14.2. The summed E-state index contributed by atoms with van der Waals surface area (Å²) in [6, 6.07) is 14.6. The van der Waals surface area contributed by atoms with E-state index in [0.717, 1.165) is 29.7 Å². The minimum absolute atomic E-state index is 0.587. The number of rotatable bonds is 7. The summed E-state index contributed by atoms with van der Waals surface area (Å²) in [5.74, 6) is 0.932. The second-order valence-corrected chi connectivity index (χ2v) is 6.03. The van der Waals surface area contributed by atoms with Crippen LogP contribution in [0.15, 0.2) is 46.9 Å². The van der Waals surface area contributed by atoms with Gasteiger partial charge in [-0.3, -0.25) is 0 Å². The smallest absolute Gasteiger partial charge is 0.138 e. The summed E-state index contributed by atoms with van der Waals surface area (Å²) in [5, 5.41) is 3.42. The summed E-state index contributed by atoms with van der Waals surface area (Å²) in [6.07, 6.45) is 1.13. The maximum absolute atomic E-state index is 6.04. The predicted molar refractivity (Wildman–Crippen MR) is 91.7 cm³/mol. The van der Waals surface area contributed by atoms with Crippen molar-refractivity contribution < 1.29 is 4.74 Å². The fraction of sp³-hybridized carbons (Fsp3) is 0.333. The van der Waals surface area contributed by atoms with E-state index in [0.29, 0.717) is 6.61 Å². The molecule has 21 heavy (non-hydrogen) atoms. The van der Waals surface area contributed by atoms with Crippen molar-refractivity contribution in [2.75, 3.05) is 6.54 Å². The van der Waals surface area contributed by atoms with Gasteiger partial charge in [0.05, 0.1) is 4.47 Å². The number of aryl methyl sites for hydroxylation is 1. The van der Waals surface area contributed by atoms with Gasteiger partial charge >= 0.3 is 0 Å². The van der Waals surface area contributed by atoms with Crippen LogP contribution in [0.5, 0.6) is 5.75 Å². The van der Waals surface area contributed by atoms with Crippen molar-refractivity contribution in [3.8, 4) is 5.75 Å². The molecule has 0 saturated carbocycles. The van der Waals surface area contributed by atoms with Crippen LogP contribution in [-0.4, -0.2) is 6.54 Å². The first-order valence-electron chi connectivity index (χ1n) is 7.37. The zero-order chi connectivity index (χ0) is 15.1. The number of hydrogen-bond acceptors (Lipinski definition) is 2. The van der Waals surface area contributed by atoms with E-state index in [1.807, 2.05) is 12.1 Å². The summed E-state index contributed by atoms with van der Waals surface area (Å²) in [6.45, 7) is 6.70. The van der Waals surface area contributed by atoms with Gasteiger partial charge in [-0.2, -0.15) is 0 Å². The van der Waals surface area contributed by atoms with Crippen LogP contribution >= 0.6 is 15.9 Å². The maximum atomic E-state index is 6.04. The lowest BCUT2D eigenvalue weighted by atomic mass is 10.1. The molecule has 0 aliphatic rings. The molecular weight excluding hydrogens is 326 g/mol. The van der Waals surface area contributed by atoms with Gasteiger partial charge in [0.15, 0.2) is 0 Å². The van der Waals surface area contributed by atoms with Crippen molar-refractivity contribution in [2.45, 2.75) is 33.4 Å². The summed E-state index contributed by atoms with van der Waals surface area (Å²) in [4.78, 5) is 0. The quantitative estimate of drug-likeness (QED) is 0.723. The Balaban J connectivity index is 2.05. The average Bonchev–Trinajstić information content (AvgIpc) is 2.48. The van der Waals surface area contributed by atoms with Gasteiger partial charge in [0, 0.05) is 12.1 Å². The number of halogens is 1. The number of ether oxygens (including phenoxy) is 1. The summed E-state index contributed by atoms with van der Waals surface area (Å²) in [7, 11) is 0. The summed E-state index contributed by atoms with van der Waals surface area (Å²) >= 11 is 3.59. The van der Waals surface area contributed by atoms with Gasteiger partial charge in [-0.25, -0.2) is 0 Å². The van der Waals surface area contributed by atoms with Gasteiger partial charge < -0.3 is 10.1 Å². The zero-order valence-electron chi connectivity index (χ0n) is 12.7. The average molecular weight is 348 g/mol. The van der Waals surface area contributed by atoms with E-state index in [-0.39, 0.29) is 0 Å². The van der Waals surface area contributed by atoms with E-state index in [4.69, 9.17) is 4.74 Å². The Morgan fingerprint density at radius 1 is 1.10 bits per heavy atom. The fourth-order valence-corrected chi connectivity index (χ4v) is 2.62. The molecule has 0 atom stereocenters. The predicted octanol–water partition coefficient (Wildman–Crippen LogP) is 4.84. The van der Waals surface area contributed by atoms with Gasteiger partial charge in [-0.1, -0.05) is 48.9 Å². The molecule has 0 saturated heterocycles. The molecule has 0 aromatic heterocycles. The molecular formula is C18H22BrNO. The lowest BCUT2D eigenvalue weighted by molar-refractivity contribution is 0.300. The molecule has 3 heteroatoms. The highest BCUT2D eigenvalue weighted by Gasteiger charge is 2.08. The molecule has 0 fully saturated rings. The topological polar surface area (TPSA) is 21.3 Å². The van der Waals surface area contributed by atoms with Crippen LogP contribution in [0.2, 0.25) is 0 Å². The Labute approximate surface area is 135 Å². The van der Waals surface area contributed by atoms with E-state index in [1.54, 1.807) is 0 Å². The SMILES string of the molecule is CCCNCc1cccc(Br)c1OCc1ccc(C)cc1. The molecule has 2 aromatic rings. The van der Waals surface area contributed by atoms with Crippen LogP contribution < -0.4 is 10.1 Å². The Hall–Kier alpha value is -1.32. The van der Waals surface area contributed by atoms with Crippen molar-refractivity contribution in [1.82, 2.24) is 5.32 Å². The monoisotopic (exact) mass is 347 g/mol. The minimum Gasteiger partial charge on any atom is -0.487 e. The van der Waals surface area contributed by atoms with Crippen LogP contribution in [0.1, 0.15) is 30.0 Å². The minimum atomic E-state index is 0.587. The van der Waals surface area contributed by atoms with Crippen molar-refractivity contribution >= 4 is 15.9 Å². The van der Waals surface area contributed by atoms with Crippen molar-refractivity contribution in [2.24, 2.45) is 0 Å². The maximum Gasteiger partial charge on any atom is 0.138 e. The van der Waals surface area contributed by atoms with Crippen LogP contribution in [0, 0.1) is 6.92 Å². The first-order chi connectivity index (χ1) is 10.2. The van der Waals surface area contributed by atoms with E-state index in [9.17, 15) is 0 Å². The van der Waals surface area contributed by atoms with Gasteiger partial charge in [-0.15, -0.1) is 0 Å². The van der Waals surface area contributed by atoms with Crippen LogP contribution in [0.4, 0.5) is 0 Å².